The van der Waals surface area contributed by atoms with E-state index >= 15 is 4.79 Å². The second kappa shape index (κ2) is 30.5. The first kappa shape index (κ1) is 63.7. The Balaban J connectivity index is 1.30. The summed E-state index contributed by atoms with van der Waals surface area (Å²) in [5.74, 6) is -3.79. The number of carbonyl (C=O) groups excluding carboxylic acids is 5. The van der Waals surface area contributed by atoms with E-state index in [1.807, 2.05) is 91.0 Å². The second-order valence-electron chi connectivity index (χ2n) is 19.9. The molecule has 0 radical (unpaired) electrons. The molecule has 4 amide bonds. The maximum absolute atomic E-state index is 15.3. The molecule has 5 atom stereocenters. The van der Waals surface area contributed by atoms with Gasteiger partial charge >= 0.3 is 5.97 Å². The van der Waals surface area contributed by atoms with Gasteiger partial charge in [-0.1, -0.05) is 163 Å². The van der Waals surface area contributed by atoms with Gasteiger partial charge in [-0.2, -0.15) is 0 Å². The van der Waals surface area contributed by atoms with Gasteiger partial charge in [-0.25, -0.2) is 13.1 Å². The monoisotopic (exact) mass is 1180 g/mol. The van der Waals surface area contributed by atoms with Crippen molar-refractivity contribution >= 4 is 68.5 Å². The van der Waals surface area contributed by atoms with Crippen LogP contribution < -0.4 is 21.1 Å². The Morgan fingerprint density at radius 2 is 1.27 bits per heavy atom. The molecule has 0 saturated heterocycles. The molecule has 0 unspecified atom stereocenters. The van der Waals surface area contributed by atoms with Crippen LogP contribution in [0.5, 0.6) is 0 Å². The summed E-state index contributed by atoms with van der Waals surface area (Å²) >= 11 is 13.2. The van der Waals surface area contributed by atoms with Gasteiger partial charge in [0.25, 0.3) is 5.69 Å². The van der Waals surface area contributed by atoms with Crippen LogP contribution in [-0.2, 0) is 61.9 Å². The van der Waals surface area contributed by atoms with Gasteiger partial charge in [-0.3, -0.25) is 34.1 Å². The largest absolute Gasteiger partial charge is 0.444 e. The normalized spacial score (nSPS) is 13.4. The van der Waals surface area contributed by atoms with Crippen molar-refractivity contribution in [3.8, 4) is 0 Å². The van der Waals surface area contributed by atoms with Gasteiger partial charge in [0.2, 0.25) is 33.7 Å². The van der Waals surface area contributed by atoms with E-state index in [2.05, 4.69) is 15.4 Å². The highest BCUT2D eigenvalue weighted by atomic mass is 35.5. The zero-order chi connectivity index (χ0) is 59.4. The zero-order valence-corrected chi connectivity index (χ0v) is 48.4. The summed E-state index contributed by atoms with van der Waals surface area (Å²) in [4.78, 5) is 84.7. The van der Waals surface area contributed by atoms with E-state index in [1.54, 1.807) is 55.6 Å². The molecule has 0 aliphatic rings. The Morgan fingerprint density at radius 3 is 1.87 bits per heavy atom. The van der Waals surface area contributed by atoms with Crippen LogP contribution in [0.15, 0.2) is 169 Å². The topological polar surface area (TPSA) is 250 Å². The van der Waals surface area contributed by atoms with Crippen molar-refractivity contribution in [2.24, 2.45) is 11.7 Å². The Hall–Kier alpha value is -7.52. The first-order valence-corrected chi connectivity index (χ1v) is 28.9. The zero-order valence-electron chi connectivity index (χ0n) is 46.1. The van der Waals surface area contributed by atoms with Crippen LogP contribution in [0.2, 0.25) is 10.0 Å². The third-order valence-corrected chi connectivity index (χ3v) is 16.2. The molecule has 0 bridgehead atoms. The number of halogens is 2. The van der Waals surface area contributed by atoms with E-state index in [4.69, 9.17) is 38.4 Å². The summed E-state index contributed by atoms with van der Waals surface area (Å²) in [5.41, 5.74) is 6.91. The van der Waals surface area contributed by atoms with Crippen molar-refractivity contribution in [2.45, 2.75) is 86.5 Å². The molecule has 6 rings (SSSR count). The van der Waals surface area contributed by atoms with Crippen molar-refractivity contribution in [2.75, 3.05) is 40.9 Å². The Labute approximate surface area is 488 Å². The average molecular weight is 1180 g/mol. The van der Waals surface area contributed by atoms with Gasteiger partial charge in [0.05, 0.1) is 29.9 Å². The standard InChI is InChI=1S/C61H69Cl2N7O11S/c1-42(64)58(73)67-53(41-80-4)60(75)69(3)50(37-44-31-33-48(62)34-32-44)39-56(71)65-40-49(26-18-19-35-66-82(78,79)55-30-17-16-29-54(55)70(76)77)68(2)59(74)45(36-43-20-8-5-9-21-43)38-57(72)81-61(46-22-10-6-11-23-46,47-24-12-7-13-25-47)51-27-14-15-28-52(51)63/h5-17,20-25,27-34,42,45,49-50,53,66H,18-19,26,35-41,64H2,1-4H3,(H,65,71)(H,67,73)/t42-,45+,49-,50-,53-/m0/s1. The maximum Gasteiger partial charge on any atom is 0.308 e. The van der Waals surface area contributed by atoms with E-state index in [1.165, 1.54) is 43.0 Å². The number of para-hydroxylation sites is 1. The lowest BCUT2D eigenvalue weighted by molar-refractivity contribution is -0.387. The smallest absolute Gasteiger partial charge is 0.308 e. The summed E-state index contributed by atoms with van der Waals surface area (Å²) in [6.45, 7) is 1.06. The molecular formula is C61H69Cl2N7O11S. The van der Waals surface area contributed by atoms with Crippen LogP contribution in [0, 0.1) is 16.0 Å². The van der Waals surface area contributed by atoms with Crippen molar-refractivity contribution < 1.29 is 46.8 Å². The minimum Gasteiger partial charge on any atom is -0.444 e. The molecule has 82 heavy (non-hydrogen) atoms. The number of benzene rings is 6. The van der Waals surface area contributed by atoms with Crippen molar-refractivity contribution in [1.29, 1.82) is 0 Å². The molecule has 6 aromatic carbocycles. The van der Waals surface area contributed by atoms with Gasteiger partial charge in [0, 0.05) is 85.6 Å². The number of nitrogens with zero attached hydrogens (tertiary/aromatic N) is 3. The molecule has 0 aromatic heterocycles. The lowest BCUT2D eigenvalue weighted by atomic mass is 9.80. The van der Waals surface area contributed by atoms with Gasteiger partial charge in [0.1, 0.15) is 6.04 Å². The SMILES string of the molecule is COC[C@H](NC(=O)[C@H](C)N)C(=O)N(C)[C@H](CC(=O)NC[C@H](CCCCNS(=O)(=O)c1ccccc1[N+](=O)[O-])N(C)C(=O)[C@@H](CC(=O)OC(c1ccccc1)(c1ccccc1)c1ccccc1Cl)Cc1ccccc1)Cc1ccc(Cl)cc1. The lowest BCUT2D eigenvalue weighted by Crippen LogP contribution is -2.55. The number of nitro benzene ring substituents is 1. The highest BCUT2D eigenvalue weighted by Gasteiger charge is 2.43. The van der Waals surface area contributed by atoms with Crippen LogP contribution in [0.3, 0.4) is 0 Å². The number of hydrogen-bond acceptors (Lipinski definition) is 12. The number of hydrogen-bond donors (Lipinski definition) is 4. The number of rotatable bonds is 30. The molecule has 6 aromatic rings. The molecule has 18 nitrogen and oxygen atoms in total. The number of esters is 1. The van der Waals surface area contributed by atoms with Crippen LogP contribution in [0.4, 0.5) is 5.69 Å². The summed E-state index contributed by atoms with van der Waals surface area (Å²) in [6.07, 6.45) is 0.402. The quantitative estimate of drug-likeness (QED) is 0.0110. The van der Waals surface area contributed by atoms with Gasteiger partial charge in [-0.15, -0.1) is 0 Å². The first-order chi connectivity index (χ1) is 39.2. The van der Waals surface area contributed by atoms with E-state index in [-0.39, 0.29) is 51.8 Å². The second-order valence-corrected chi connectivity index (χ2v) is 22.5. The predicted molar refractivity (Wildman–Crippen MR) is 314 cm³/mol. The fourth-order valence-corrected chi connectivity index (χ4v) is 11.3. The number of methoxy groups -OCH3 is 1. The van der Waals surface area contributed by atoms with E-state index in [0.717, 1.165) is 23.3 Å². The summed E-state index contributed by atoms with van der Waals surface area (Å²) in [5, 5.41) is 18.1. The third-order valence-electron chi connectivity index (χ3n) is 14.1. The molecule has 0 aliphatic carbocycles. The van der Waals surface area contributed by atoms with Crippen molar-refractivity contribution in [3.63, 3.8) is 0 Å². The molecule has 5 N–H and O–H groups in total. The highest BCUT2D eigenvalue weighted by molar-refractivity contribution is 7.89. The van der Waals surface area contributed by atoms with Crippen molar-refractivity contribution in [3.05, 3.63) is 212 Å². The summed E-state index contributed by atoms with van der Waals surface area (Å²) in [6, 6.07) is 43.0. The number of nitrogens with two attached hydrogens (primary N) is 1. The maximum atomic E-state index is 15.3. The Morgan fingerprint density at radius 1 is 0.707 bits per heavy atom. The summed E-state index contributed by atoms with van der Waals surface area (Å²) in [7, 11) is 0.165. The summed E-state index contributed by atoms with van der Waals surface area (Å²) < 4.78 is 41.1. The number of nitro groups is 1. The minimum absolute atomic E-state index is 0.114. The van der Waals surface area contributed by atoms with Crippen LogP contribution in [-0.4, -0.2) is 118 Å². The number of amides is 4. The molecule has 21 heteroatoms. The van der Waals surface area contributed by atoms with E-state index in [0.29, 0.717) is 33.2 Å². The molecule has 0 fully saturated rings. The average Bonchev–Trinajstić information content (AvgIpc) is 2.20. The fraction of sp³-hybridized carbons (Fsp3) is 0.328. The van der Waals surface area contributed by atoms with Crippen LogP contribution >= 0.6 is 23.2 Å². The highest BCUT2D eigenvalue weighted by Crippen LogP contribution is 2.44. The molecule has 0 aliphatic heterocycles. The Bertz CT molecular complexity index is 3180. The molecule has 0 heterocycles. The number of likely N-dealkylation sites (N-methyl/N-ethyl adjacent to an activating group) is 2. The number of sulfonamides is 1. The number of ether oxygens (including phenoxy) is 2. The molecular weight excluding hydrogens is 1110 g/mol. The number of unbranched alkanes of at least 4 members (excludes halogenated alkanes) is 1. The first-order valence-electron chi connectivity index (χ1n) is 26.7. The van der Waals surface area contributed by atoms with Crippen LogP contribution in [0.25, 0.3) is 0 Å². The number of nitrogens with one attached hydrogen (secondary N) is 3. The lowest BCUT2D eigenvalue weighted by Gasteiger charge is -2.36. The molecule has 0 spiro atoms. The number of carbonyl (C=O) groups is 5. The van der Waals surface area contributed by atoms with Gasteiger partial charge in [-0.05, 0) is 68.0 Å². The minimum atomic E-state index is -4.31. The predicted octanol–water partition coefficient (Wildman–Crippen LogP) is 8.02. The fourth-order valence-electron chi connectivity index (χ4n) is 9.65. The van der Waals surface area contributed by atoms with E-state index in [9.17, 15) is 37.7 Å². The van der Waals surface area contributed by atoms with E-state index < -0.39 is 97.2 Å². The van der Waals surface area contributed by atoms with Crippen LogP contribution in [0.1, 0.15) is 66.8 Å². The Kier molecular flexibility index (Phi) is 23.7. The van der Waals surface area contributed by atoms with Gasteiger partial charge in [0.15, 0.2) is 10.5 Å². The molecule has 0 saturated carbocycles. The third kappa shape index (κ3) is 17.3. The van der Waals surface area contributed by atoms with Gasteiger partial charge < -0.3 is 35.6 Å². The molecule has 434 valence electrons. The van der Waals surface area contributed by atoms with Crippen molar-refractivity contribution in [1.82, 2.24) is 25.2 Å².